The fraction of sp³-hybridized carbons (Fsp3) is 0.462. The Hall–Kier alpha value is -2.82. The molecular formula is C26H33N3O2. The van der Waals surface area contributed by atoms with Crippen molar-refractivity contribution in [1.29, 1.82) is 0 Å². The molecule has 2 fully saturated rings. The van der Waals surface area contributed by atoms with E-state index in [0.717, 1.165) is 63.7 Å². The van der Waals surface area contributed by atoms with Gasteiger partial charge in [-0.3, -0.25) is 9.59 Å². The standard InChI is InChI=1S/C26H33N3O2/c30-25(21-11-5-2-6-12-21)28-22-13-14-24(29-17-7-8-18-29)23(19-22)26(31)27-16-15-20-9-3-1-4-10-20/h1,3-4,9-10,13-14,19,21H,2,5-8,11-12,15-18H2,(H,27,31)(H,28,30). The second-order valence-electron chi connectivity index (χ2n) is 8.74. The number of anilines is 2. The molecular weight excluding hydrogens is 386 g/mol. The maximum Gasteiger partial charge on any atom is 0.253 e. The first kappa shape index (κ1) is 21.4. The first-order valence-corrected chi connectivity index (χ1v) is 11.7. The van der Waals surface area contributed by atoms with Crippen molar-refractivity contribution < 1.29 is 9.59 Å². The molecule has 31 heavy (non-hydrogen) atoms. The van der Waals surface area contributed by atoms with Gasteiger partial charge in [0.05, 0.1) is 5.56 Å². The van der Waals surface area contributed by atoms with Gasteiger partial charge in [-0.2, -0.15) is 0 Å². The molecule has 1 saturated carbocycles. The number of nitrogens with zero attached hydrogens (tertiary/aromatic N) is 1. The number of rotatable bonds is 7. The van der Waals surface area contributed by atoms with Crippen molar-refractivity contribution in [1.82, 2.24) is 5.32 Å². The van der Waals surface area contributed by atoms with Crippen LogP contribution in [-0.2, 0) is 11.2 Å². The van der Waals surface area contributed by atoms with E-state index < -0.39 is 0 Å². The van der Waals surface area contributed by atoms with E-state index in [2.05, 4.69) is 27.7 Å². The van der Waals surface area contributed by atoms with Gasteiger partial charge in [0.1, 0.15) is 0 Å². The van der Waals surface area contributed by atoms with E-state index in [0.29, 0.717) is 17.8 Å². The summed E-state index contributed by atoms with van der Waals surface area (Å²) < 4.78 is 0. The van der Waals surface area contributed by atoms with Gasteiger partial charge < -0.3 is 15.5 Å². The molecule has 2 aromatic carbocycles. The zero-order valence-corrected chi connectivity index (χ0v) is 18.2. The molecule has 0 bridgehead atoms. The van der Waals surface area contributed by atoms with Crippen molar-refractivity contribution in [2.24, 2.45) is 5.92 Å². The molecule has 0 aromatic heterocycles. The van der Waals surface area contributed by atoms with E-state index in [-0.39, 0.29) is 17.7 Å². The maximum absolute atomic E-state index is 13.1. The second-order valence-corrected chi connectivity index (χ2v) is 8.74. The Morgan fingerprint density at radius 3 is 2.39 bits per heavy atom. The first-order valence-electron chi connectivity index (χ1n) is 11.7. The highest BCUT2D eigenvalue weighted by Gasteiger charge is 2.23. The maximum atomic E-state index is 13.1. The summed E-state index contributed by atoms with van der Waals surface area (Å²) in [5.74, 6) is 0.103. The molecule has 0 radical (unpaired) electrons. The number of benzene rings is 2. The number of nitrogens with one attached hydrogen (secondary N) is 2. The van der Waals surface area contributed by atoms with E-state index in [1.54, 1.807) is 0 Å². The summed E-state index contributed by atoms with van der Waals surface area (Å²) in [5, 5.41) is 6.15. The highest BCUT2D eigenvalue weighted by molar-refractivity contribution is 6.02. The average Bonchev–Trinajstić information content (AvgIpc) is 3.35. The molecule has 0 spiro atoms. The number of hydrogen-bond acceptors (Lipinski definition) is 3. The van der Waals surface area contributed by atoms with Gasteiger partial charge in [0.2, 0.25) is 5.91 Å². The van der Waals surface area contributed by atoms with Crippen LogP contribution in [0.3, 0.4) is 0 Å². The van der Waals surface area contributed by atoms with Crippen LogP contribution in [0.5, 0.6) is 0 Å². The van der Waals surface area contributed by atoms with Crippen molar-refractivity contribution in [2.45, 2.75) is 51.4 Å². The number of carbonyl (C=O) groups is 2. The number of hydrogen-bond donors (Lipinski definition) is 2. The highest BCUT2D eigenvalue weighted by atomic mass is 16.2. The van der Waals surface area contributed by atoms with Crippen LogP contribution in [0.4, 0.5) is 11.4 Å². The van der Waals surface area contributed by atoms with E-state index in [1.807, 2.05) is 36.4 Å². The van der Waals surface area contributed by atoms with E-state index >= 15 is 0 Å². The first-order chi connectivity index (χ1) is 15.2. The third-order valence-electron chi connectivity index (χ3n) is 6.47. The van der Waals surface area contributed by atoms with Gasteiger partial charge in [0, 0.05) is 36.9 Å². The molecule has 1 heterocycles. The van der Waals surface area contributed by atoms with Gasteiger partial charge in [-0.1, -0.05) is 49.6 Å². The largest absolute Gasteiger partial charge is 0.371 e. The average molecular weight is 420 g/mol. The molecule has 1 aliphatic carbocycles. The lowest BCUT2D eigenvalue weighted by molar-refractivity contribution is -0.120. The molecule has 1 saturated heterocycles. The fourth-order valence-corrected chi connectivity index (χ4v) is 4.70. The Morgan fingerprint density at radius 1 is 0.903 bits per heavy atom. The molecule has 2 aromatic rings. The molecule has 5 heteroatoms. The zero-order chi connectivity index (χ0) is 21.5. The molecule has 1 aliphatic heterocycles. The molecule has 5 nitrogen and oxygen atoms in total. The zero-order valence-electron chi connectivity index (χ0n) is 18.2. The normalized spacial score (nSPS) is 16.8. The Labute approximate surface area is 185 Å². The SMILES string of the molecule is O=C(NCCc1ccccc1)c1cc(NC(=O)C2CCCCC2)ccc1N1CCCC1. The summed E-state index contributed by atoms with van der Waals surface area (Å²) in [6.07, 6.45) is 8.49. The summed E-state index contributed by atoms with van der Waals surface area (Å²) in [5.41, 5.74) is 3.53. The minimum absolute atomic E-state index is 0.0772. The Morgan fingerprint density at radius 2 is 1.65 bits per heavy atom. The third-order valence-corrected chi connectivity index (χ3v) is 6.47. The van der Waals surface area contributed by atoms with Gasteiger partial charge in [-0.15, -0.1) is 0 Å². The quantitative estimate of drug-likeness (QED) is 0.679. The monoisotopic (exact) mass is 419 g/mol. The van der Waals surface area contributed by atoms with E-state index in [1.165, 1.54) is 12.0 Å². The van der Waals surface area contributed by atoms with E-state index in [9.17, 15) is 9.59 Å². The summed E-state index contributed by atoms with van der Waals surface area (Å²) in [4.78, 5) is 28.1. The Balaban J connectivity index is 1.46. The van der Waals surface area contributed by atoms with Gasteiger partial charge in [-0.25, -0.2) is 0 Å². The van der Waals surface area contributed by atoms with Crippen LogP contribution in [0.15, 0.2) is 48.5 Å². The summed E-state index contributed by atoms with van der Waals surface area (Å²) >= 11 is 0. The molecule has 2 aliphatic rings. The molecule has 0 atom stereocenters. The van der Waals surface area contributed by atoms with Crippen LogP contribution < -0.4 is 15.5 Å². The summed E-state index contributed by atoms with van der Waals surface area (Å²) in [6, 6.07) is 16.0. The summed E-state index contributed by atoms with van der Waals surface area (Å²) in [6.45, 7) is 2.52. The van der Waals surface area contributed by atoms with Crippen LogP contribution in [0.25, 0.3) is 0 Å². The van der Waals surface area contributed by atoms with Gasteiger partial charge in [0.15, 0.2) is 0 Å². The van der Waals surface area contributed by atoms with Crippen LogP contribution >= 0.6 is 0 Å². The minimum Gasteiger partial charge on any atom is -0.371 e. The predicted octanol–water partition coefficient (Wildman–Crippen LogP) is 4.78. The lowest BCUT2D eigenvalue weighted by Crippen LogP contribution is -2.29. The van der Waals surface area contributed by atoms with Crippen LogP contribution in [-0.4, -0.2) is 31.4 Å². The highest BCUT2D eigenvalue weighted by Crippen LogP contribution is 2.29. The van der Waals surface area contributed by atoms with Crippen LogP contribution in [0.2, 0.25) is 0 Å². The Bertz CT molecular complexity index is 885. The van der Waals surface area contributed by atoms with Gasteiger partial charge in [-0.05, 0) is 55.9 Å². The van der Waals surface area contributed by atoms with E-state index in [4.69, 9.17) is 0 Å². The lowest BCUT2D eigenvalue weighted by Gasteiger charge is -2.23. The van der Waals surface area contributed by atoms with Crippen LogP contribution in [0, 0.1) is 5.92 Å². The molecule has 2 N–H and O–H groups in total. The number of carbonyl (C=O) groups excluding carboxylic acids is 2. The van der Waals surface area contributed by atoms with Crippen molar-refractivity contribution in [3.05, 3.63) is 59.7 Å². The lowest BCUT2D eigenvalue weighted by atomic mass is 9.88. The summed E-state index contributed by atoms with van der Waals surface area (Å²) in [7, 11) is 0. The molecule has 0 unspecified atom stereocenters. The smallest absolute Gasteiger partial charge is 0.253 e. The van der Waals surface area contributed by atoms with Crippen molar-refractivity contribution in [2.75, 3.05) is 29.9 Å². The number of amides is 2. The third kappa shape index (κ3) is 5.66. The second kappa shape index (κ2) is 10.5. The molecule has 164 valence electrons. The molecule has 4 rings (SSSR count). The van der Waals surface area contributed by atoms with Crippen LogP contribution in [0.1, 0.15) is 60.9 Å². The fourth-order valence-electron chi connectivity index (χ4n) is 4.70. The predicted molar refractivity (Wildman–Crippen MR) is 126 cm³/mol. The molecule has 2 amide bonds. The van der Waals surface area contributed by atoms with Crippen molar-refractivity contribution in [3.63, 3.8) is 0 Å². The van der Waals surface area contributed by atoms with Crippen molar-refractivity contribution in [3.8, 4) is 0 Å². The van der Waals surface area contributed by atoms with Crippen molar-refractivity contribution >= 4 is 23.2 Å². The van der Waals surface area contributed by atoms with Gasteiger partial charge >= 0.3 is 0 Å². The minimum atomic E-state index is -0.0772. The topological polar surface area (TPSA) is 61.4 Å². The Kier molecular flexibility index (Phi) is 7.23. The van der Waals surface area contributed by atoms with Gasteiger partial charge in [0.25, 0.3) is 5.91 Å².